The first-order valence-corrected chi connectivity index (χ1v) is 46.7. The predicted molar refractivity (Wildman–Crippen MR) is 514 cm³/mol. The van der Waals surface area contributed by atoms with Crippen LogP contribution in [0.15, 0.2) is 67.1 Å². The molecule has 0 aliphatic rings. The highest BCUT2D eigenvalue weighted by Crippen LogP contribution is 2.17. The van der Waals surface area contributed by atoms with Crippen LogP contribution in [-0.2, 0) is 120 Å². The number of carboxylic acids is 1. The zero-order valence-corrected chi connectivity index (χ0v) is 80.6. The number of aliphatic hydroxyl groups excluding tert-OH is 1. The normalized spacial score (nSPS) is 14.7. The molecular weight excluding hydrogens is 1890 g/mol. The molecule has 17 atom stereocenters. The number of primary amides is 4. The average molecular weight is 2030 g/mol. The lowest BCUT2D eigenvalue weighted by atomic mass is 10.00. The molecule has 3 aromatic rings. The van der Waals surface area contributed by atoms with Gasteiger partial charge in [-0.05, 0) is 146 Å². The van der Waals surface area contributed by atoms with Gasteiger partial charge in [0.2, 0.25) is 118 Å². The molecule has 782 valence electrons. The van der Waals surface area contributed by atoms with Crippen molar-refractivity contribution in [1.29, 1.82) is 5.41 Å². The zero-order chi connectivity index (χ0) is 106. The Morgan fingerprint density at radius 3 is 1.19 bits per heavy atom. The summed E-state index contributed by atoms with van der Waals surface area (Å²) in [7, 11) is 0. The van der Waals surface area contributed by atoms with Crippen molar-refractivity contribution in [2.45, 2.75) is 259 Å². The fraction of sp³-hybridized carbons (Fsp3) is 0.570. The Morgan fingerprint density at radius 2 is 0.766 bits per heavy atom. The molecule has 141 heavy (non-hydrogen) atoms. The van der Waals surface area contributed by atoms with Crippen LogP contribution in [0.2, 0.25) is 0 Å². The van der Waals surface area contributed by atoms with E-state index in [1.54, 1.807) is 44.2 Å². The number of guanidine groups is 1. The zero-order valence-electron chi connectivity index (χ0n) is 78.8. The molecule has 0 fully saturated rings. The third kappa shape index (κ3) is 47.1. The molecule has 0 aliphatic heterocycles. The van der Waals surface area contributed by atoms with Crippen LogP contribution in [0.1, 0.15) is 154 Å². The first kappa shape index (κ1) is 121. The van der Waals surface area contributed by atoms with Gasteiger partial charge in [0.05, 0.1) is 50.0 Å². The fourth-order valence-electron chi connectivity index (χ4n) is 13.7. The van der Waals surface area contributed by atoms with E-state index in [0.29, 0.717) is 30.4 Å². The van der Waals surface area contributed by atoms with Gasteiger partial charge in [0.15, 0.2) is 12.0 Å². The first-order valence-electron chi connectivity index (χ1n) is 45.5. The van der Waals surface area contributed by atoms with Crippen LogP contribution in [0.4, 0.5) is 0 Å². The summed E-state index contributed by atoms with van der Waals surface area (Å²) in [6.07, 6.45) is -2.66. The number of carbonyl (C=O) groups is 21. The van der Waals surface area contributed by atoms with E-state index in [-0.39, 0.29) is 108 Å². The van der Waals surface area contributed by atoms with Gasteiger partial charge in [-0.1, -0.05) is 56.3 Å². The summed E-state index contributed by atoms with van der Waals surface area (Å²) < 4.78 is 0. The number of aromatic amines is 1. The van der Waals surface area contributed by atoms with E-state index in [4.69, 9.17) is 57.0 Å². The number of aliphatic hydroxyl groups is 1. The number of aliphatic carboxylic acids is 1. The molecule has 0 aliphatic carbocycles. The number of hydrogen-bond acceptors (Lipinski definition) is 31. The van der Waals surface area contributed by atoms with Crippen molar-refractivity contribution in [1.82, 2.24) is 100 Å². The minimum atomic E-state index is -1.96. The first-order chi connectivity index (χ1) is 66.6. The van der Waals surface area contributed by atoms with Gasteiger partial charge in [0, 0.05) is 49.9 Å². The molecule has 0 spiro atoms. The topological polar surface area (TPSA) is 910 Å². The molecule has 55 heteroatoms. The predicted octanol–water partition coefficient (Wildman–Crippen LogP) is -11.2. The van der Waals surface area contributed by atoms with E-state index in [9.17, 15) is 106 Å². The van der Waals surface area contributed by atoms with Crippen LogP contribution in [0.3, 0.4) is 0 Å². The average Bonchev–Trinajstić information content (AvgIpc) is 1.52. The number of phenols is 1. The van der Waals surface area contributed by atoms with E-state index < -0.39 is 296 Å². The molecule has 20 amide bonds. The number of phenolic OH excluding ortho intramolecular Hbond substituents is 1. The van der Waals surface area contributed by atoms with E-state index >= 15 is 9.59 Å². The number of rotatable bonds is 69. The largest absolute Gasteiger partial charge is 0.508 e. The SMILES string of the molecule is CC(C)C[C@H](NC(=O)[C@H](Cc1ccccc1)NC(=O)[C@H](Cc1c[nH]cn1)NC(=O)[C@H](CCC(N)=O)NC(=O)[C@H](CCCNC(=N)N)NC(=O)[C@H](CC(N)=O)NC(=O)[C@H](C)NC(=O)[C@H](CS)NC(=O)CNC(=O)[C@H](CC(N)=O)NC(=O)[C@H](CCCCN)NC(=O)[C@@H](N)CC(N)=O)C(=O)N[C@@H](CS)C(=O)N[C@@H](CCCCN)C(=O)N[C@@H](Cc1ccc(O)cc1)C(=O)N[C@@H](CCCCN)C(=O)N[C@H](C(=O)O)[C@@H](C)O. The van der Waals surface area contributed by atoms with Crippen LogP contribution >= 0.6 is 25.3 Å². The Hall–Kier alpha value is -13.9. The van der Waals surface area contributed by atoms with Crippen LogP contribution in [0.5, 0.6) is 5.75 Å². The van der Waals surface area contributed by atoms with Crippen molar-refractivity contribution < 1.29 is 116 Å². The number of carbonyl (C=O) groups excluding carboxylic acids is 20. The van der Waals surface area contributed by atoms with Crippen molar-refractivity contribution in [3.8, 4) is 5.75 Å². The Bertz CT molecular complexity index is 4700. The monoisotopic (exact) mass is 2020 g/mol. The van der Waals surface area contributed by atoms with Crippen LogP contribution < -0.4 is 142 Å². The maximum atomic E-state index is 15.1. The smallest absolute Gasteiger partial charge is 0.328 e. The lowest BCUT2D eigenvalue weighted by Gasteiger charge is -2.29. The number of aromatic nitrogens is 2. The number of carboxylic acid groups (broad SMARTS) is 1. The molecule has 0 saturated heterocycles. The van der Waals surface area contributed by atoms with E-state index in [1.807, 2.05) is 0 Å². The van der Waals surface area contributed by atoms with Crippen LogP contribution in [-0.4, -0.2) is 302 Å². The van der Waals surface area contributed by atoms with Crippen molar-refractivity contribution in [3.63, 3.8) is 0 Å². The van der Waals surface area contributed by atoms with Crippen molar-refractivity contribution in [2.75, 3.05) is 44.2 Å². The second kappa shape index (κ2) is 64.4. The van der Waals surface area contributed by atoms with Gasteiger partial charge in [-0.3, -0.25) is 101 Å². The Morgan fingerprint density at radius 1 is 0.397 bits per heavy atom. The summed E-state index contributed by atoms with van der Waals surface area (Å²) >= 11 is 8.50. The van der Waals surface area contributed by atoms with Gasteiger partial charge >= 0.3 is 5.97 Å². The second-order valence-corrected chi connectivity index (χ2v) is 34.4. The molecule has 1 heterocycles. The molecular formula is C86H137N29O24S2. The Kier molecular flexibility index (Phi) is 55.3. The number of H-pyrrole nitrogens is 1. The lowest BCUT2D eigenvalue weighted by Crippen LogP contribution is -2.61. The van der Waals surface area contributed by atoms with E-state index in [2.05, 4.69) is 126 Å². The fourth-order valence-corrected chi connectivity index (χ4v) is 14.2. The molecule has 3 rings (SSSR count). The van der Waals surface area contributed by atoms with E-state index in [0.717, 1.165) is 13.8 Å². The Labute approximate surface area is 823 Å². The van der Waals surface area contributed by atoms with E-state index in [1.165, 1.54) is 36.8 Å². The number of aromatic hydroxyl groups is 1. The number of unbranched alkanes of at least 4 members (excludes halogenated alkanes) is 3. The number of nitrogens with zero attached hydrogens (tertiary/aromatic N) is 1. The summed E-state index contributed by atoms with van der Waals surface area (Å²) in [6.45, 7) is 5.12. The van der Waals surface area contributed by atoms with Gasteiger partial charge in [-0.25, -0.2) is 9.78 Å². The maximum Gasteiger partial charge on any atom is 0.328 e. The summed E-state index contributed by atoms with van der Waals surface area (Å²) in [4.78, 5) is 294. The van der Waals surface area contributed by atoms with Crippen molar-refractivity contribution in [3.05, 3.63) is 83.9 Å². The maximum absolute atomic E-state index is 15.1. The quantitative estimate of drug-likeness (QED) is 0.0108. The highest BCUT2D eigenvalue weighted by atomic mass is 32.1. The van der Waals surface area contributed by atoms with Crippen LogP contribution in [0.25, 0.3) is 0 Å². The molecule has 2 aromatic carbocycles. The Balaban J connectivity index is 1.97. The van der Waals surface area contributed by atoms with Gasteiger partial charge in [-0.2, -0.15) is 25.3 Å². The third-order valence-electron chi connectivity index (χ3n) is 21.2. The minimum absolute atomic E-state index is 0.0586. The standard InChI is InChI=1S/C86H137N29O24S2/c1-43(2)31-56(78(131)114-63(41-141)84(137)106-52(18-9-12-28-88)75(128)110-58(33-47-21-23-49(117)24-22-47)79(132)104-53(19-10-13-29-89)77(130)115-69(45(4)116)85(138)139)109-80(133)57(32-46-15-6-5-7-16-46)111-81(134)59(34-48-38-97-42-100-48)112-76(129)55(25-26-64(91)118)107-73(126)54(20-14-30-98-86(95)96)105-82(135)61(37-67(94)121)108-70(123)44(3)101-83(136)62(40-140)102-68(122)39-99-72(125)60(36-66(93)120)113-74(127)51(17-8-11-27-87)103-71(124)50(90)35-65(92)119/h5-7,15-16,21-24,38,42-45,50-63,69,116-117,140-141H,8-14,17-20,25-37,39-41,87-90H2,1-4H3,(H2,91,118)(H2,92,119)(H2,93,120)(H2,94,121)(H,97,100)(H,99,125)(H,101,136)(H,102,122)(H,103,124)(H,104,132)(H,105,135)(H,106,137)(H,107,126)(H,108,123)(H,109,133)(H,110,128)(H,111,134)(H,112,129)(H,113,127)(H,114,131)(H,115,130)(H,138,139)(H4,95,96,98)/t44-,45+,50-,51-,52-,53-,54-,55-,56-,57-,58-,59-,60-,61-,62-,63-,69-/m0/s1. The minimum Gasteiger partial charge on any atom is -0.508 e. The number of thiol groups is 2. The summed E-state index contributed by atoms with van der Waals surface area (Å²) in [5, 5.41) is 79.2. The number of nitrogens with two attached hydrogens (primary N) is 9. The molecule has 40 N–H and O–H groups in total. The van der Waals surface area contributed by atoms with Gasteiger partial charge in [-0.15, -0.1) is 0 Å². The van der Waals surface area contributed by atoms with Crippen LogP contribution in [0, 0.1) is 11.3 Å². The summed E-state index contributed by atoms with van der Waals surface area (Å²) in [5.74, 6) is -24.8. The molecule has 0 radical (unpaired) electrons. The number of nitrogens with one attached hydrogen (secondary N) is 19. The molecule has 53 nitrogen and oxygen atoms in total. The molecule has 0 unspecified atom stereocenters. The number of hydrogen-bond donors (Lipinski definition) is 33. The van der Waals surface area contributed by atoms with Gasteiger partial charge in [0.1, 0.15) is 90.3 Å². The van der Waals surface area contributed by atoms with Gasteiger partial charge < -0.3 is 162 Å². The molecule has 0 saturated carbocycles. The van der Waals surface area contributed by atoms with Gasteiger partial charge in [0.25, 0.3) is 0 Å². The summed E-state index contributed by atoms with van der Waals surface area (Å²) in [6, 6.07) is -12.5. The summed E-state index contributed by atoms with van der Waals surface area (Å²) in [5.41, 5.74) is 51.0. The van der Waals surface area contributed by atoms with Crippen molar-refractivity contribution >= 4 is 155 Å². The number of imidazole rings is 1. The highest BCUT2D eigenvalue weighted by molar-refractivity contribution is 7.80. The molecule has 1 aromatic heterocycles. The lowest BCUT2D eigenvalue weighted by molar-refractivity contribution is -0.145. The third-order valence-corrected chi connectivity index (χ3v) is 22.0. The number of benzene rings is 2. The second-order valence-electron chi connectivity index (χ2n) is 33.6. The highest BCUT2D eigenvalue weighted by Gasteiger charge is 2.40. The number of amides is 20. The van der Waals surface area contributed by atoms with Crippen molar-refractivity contribution in [2.24, 2.45) is 57.5 Å². The molecule has 0 bridgehead atoms.